The number of halogens is 1. The monoisotopic (exact) mass is 349 g/mol. The molecule has 1 unspecified atom stereocenters. The second kappa shape index (κ2) is 5.56. The van der Waals surface area contributed by atoms with Crippen LogP contribution in [0.4, 0.5) is 0 Å². The lowest BCUT2D eigenvalue weighted by Crippen LogP contribution is -2.13. The molecule has 3 rings (SSSR count). The standard InChI is InChI=1S/C16H16BrNO3/c1-3-6-18-13-5-4-11(8-14(13)21-16(18)19)15(17)12-7-10(2)20-9-12/h4-5,7-9,15H,3,6H2,1-2H3. The summed E-state index contributed by atoms with van der Waals surface area (Å²) in [6, 6.07) is 7.84. The molecule has 0 N–H and O–H groups in total. The third kappa shape index (κ3) is 2.58. The topological polar surface area (TPSA) is 48.3 Å². The summed E-state index contributed by atoms with van der Waals surface area (Å²) in [5.74, 6) is 0.574. The molecule has 21 heavy (non-hydrogen) atoms. The van der Waals surface area contributed by atoms with Gasteiger partial charge < -0.3 is 8.83 Å². The van der Waals surface area contributed by atoms with E-state index in [0.717, 1.165) is 28.8 Å². The number of furan rings is 1. The van der Waals surface area contributed by atoms with Gasteiger partial charge in [-0.05, 0) is 37.1 Å². The molecule has 0 bridgehead atoms. The highest BCUT2D eigenvalue weighted by Gasteiger charge is 2.16. The molecule has 0 saturated carbocycles. The minimum absolute atomic E-state index is 0.0131. The minimum Gasteiger partial charge on any atom is -0.469 e. The molecule has 2 heterocycles. The van der Waals surface area contributed by atoms with Gasteiger partial charge in [0, 0.05) is 12.1 Å². The molecule has 0 spiro atoms. The van der Waals surface area contributed by atoms with Crippen molar-refractivity contribution in [2.24, 2.45) is 0 Å². The summed E-state index contributed by atoms with van der Waals surface area (Å²) in [5, 5.41) is 0. The van der Waals surface area contributed by atoms with Gasteiger partial charge in [-0.2, -0.15) is 0 Å². The Labute approximate surface area is 130 Å². The third-order valence-corrected chi connectivity index (χ3v) is 4.53. The van der Waals surface area contributed by atoms with Crippen LogP contribution in [0.5, 0.6) is 0 Å². The molecule has 5 heteroatoms. The number of rotatable bonds is 4. The number of hydrogen-bond acceptors (Lipinski definition) is 3. The van der Waals surface area contributed by atoms with Crippen molar-refractivity contribution in [1.82, 2.24) is 4.57 Å². The molecule has 0 aliphatic carbocycles. The molecule has 0 aliphatic heterocycles. The van der Waals surface area contributed by atoms with Crippen molar-refractivity contribution in [3.05, 3.63) is 58.0 Å². The maximum atomic E-state index is 11.9. The Morgan fingerprint density at radius 2 is 2.10 bits per heavy atom. The van der Waals surface area contributed by atoms with Gasteiger partial charge in [-0.3, -0.25) is 4.57 Å². The Balaban J connectivity index is 2.03. The maximum absolute atomic E-state index is 11.9. The fourth-order valence-corrected chi connectivity index (χ4v) is 2.99. The summed E-state index contributed by atoms with van der Waals surface area (Å²) in [4.78, 5) is 11.9. The van der Waals surface area contributed by atoms with Crippen LogP contribution >= 0.6 is 15.9 Å². The van der Waals surface area contributed by atoms with Crippen LogP contribution in [-0.2, 0) is 6.54 Å². The predicted molar refractivity (Wildman–Crippen MR) is 85.0 cm³/mol. The van der Waals surface area contributed by atoms with Gasteiger partial charge in [-0.25, -0.2) is 4.79 Å². The van der Waals surface area contributed by atoms with Gasteiger partial charge in [-0.15, -0.1) is 0 Å². The van der Waals surface area contributed by atoms with Crippen molar-refractivity contribution in [3.8, 4) is 0 Å². The molecule has 0 amide bonds. The SMILES string of the molecule is CCCn1c(=O)oc2cc(C(Br)c3coc(C)c3)ccc21. The van der Waals surface area contributed by atoms with Crippen molar-refractivity contribution >= 4 is 27.0 Å². The largest absolute Gasteiger partial charge is 0.469 e. The summed E-state index contributed by atoms with van der Waals surface area (Å²) in [5.41, 5.74) is 3.53. The Morgan fingerprint density at radius 1 is 1.29 bits per heavy atom. The molecule has 0 fully saturated rings. The Hall–Kier alpha value is -1.75. The number of aromatic nitrogens is 1. The van der Waals surface area contributed by atoms with E-state index in [1.54, 1.807) is 10.8 Å². The lowest BCUT2D eigenvalue weighted by atomic mass is 10.1. The van der Waals surface area contributed by atoms with E-state index in [1.165, 1.54) is 0 Å². The summed E-state index contributed by atoms with van der Waals surface area (Å²) in [6.45, 7) is 4.62. The zero-order chi connectivity index (χ0) is 15.0. The molecular formula is C16H16BrNO3. The van der Waals surface area contributed by atoms with E-state index in [4.69, 9.17) is 8.83 Å². The summed E-state index contributed by atoms with van der Waals surface area (Å²) < 4.78 is 12.4. The van der Waals surface area contributed by atoms with E-state index >= 15 is 0 Å². The zero-order valence-electron chi connectivity index (χ0n) is 11.9. The first kappa shape index (κ1) is 14.2. The number of fused-ring (bicyclic) bond motifs is 1. The summed E-state index contributed by atoms with van der Waals surface area (Å²) in [7, 11) is 0. The van der Waals surface area contributed by atoms with Crippen molar-refractivity contribution in [1.29, 1.82) is 0 Å². The van der Waals surface area contributed by atoms with Crippen LogP contribution in [0.25, 0.3) is 11.1 Å². The fourth-order valence-electron chi connectivity index (χ4n) is 2.47. The number of aryl methyl sites for hydroxylation is 2. The minimum atomic E-state index is -0.297. The quantitative estimate of drug-likeness (QED) is 0.656. The van der Waals surface area contributed by atoms with Gasteiger partial charge in [-0.1, -0.05) is 28.9 Å². The number of benzene rings is 1. The number of hydrogen-bond donors (Lipinski definition) is 0. The van der Waals surface area contributed by atoms with E-state index in [2.05, 4.69) is 15.9 Å². The lowest BCUT2D eigenvalue weighted by Gasteiger charge is -2.07. The molecular weight excluding hydrogens is 334 g/mol. The fraction of sp³-hybridized carbons (Fsp3) is 0.312. The Bertz CT molecular complexity index is 828. The maximum Gasteiger partial charge on any atom is 0.419 e. The van der Waals surface area contributed by atoms with Gasteiger partial charge in [0.2, 0.25) is 0 Å². The van der Waals surface area contributed by atoms with Crippen LogP contribution in [0.15, 0.2) is 44.2 Å². The van der Waals surface area contributed by atoms with Crippen molar-refractivity contribution in [2.45, 2.75) is 31.6 Å². The Kier molecular flexibility index (Phi) is 3.76. The van der Waals surface area contributed by atoms with E-state index in [0.29, 0.717) is 12.1 Å². The van der Waals surface area contributed by atoms with Crippen LogP contribution in [0, 0.1) is 6.92 Å². The summed E-state index contributed by atoms with van der Waals surface area (Å²) in [6.07, 6.45) is 2.63. The average molecular weight is 350 g/mol. The number of nitrogens with zero attached hydrogens (tertiary/aromatic N) is 1. The van der Waals surface area contributed by atoms with Crippen molar-refractivity contribution in [3.63, 3.8) is 0 Å². The second-order valence-electron chi connectivity index (χ2n) is 5.10. The number of oxazole rings is 1. The summed E-state index contributed by atoms with van der Waals surface area (Å²) >= 11 is 3.66. The second-order valence-corrected chi connectivity index (χ2v) is 6.02. The Morgan fingerprint density at radius 3 is 2.76 bits per heavy atom. The van der Waals surface area contributed by atoms with E-state index in [9.17, 15) is 4.79 Å². The highest BCUT2D eigenvalue weighted by Crippen LogP contribution is 2.33. The average Bonchev–Trinajstić information content (AvgIpc) is 3.02. The van der Waals surface area contributed by atoms with Gasteiger partial charge in [0.1, 0.15) is 5.76 Å². The van der Waals surface area contributed by atoms with Crippen LogP contribution in [-0.4, -0.2) is 4.57 Å². The normalized spacial score (nSPS) is 12.9. The highest BCUT2D eigenvalue weighted by molar-refractivity contribution is 9.09. The molecule has 3 aromatic rings. The van der Waals surface area contributed by atoms with Crippen LogP contribution in [0.3, 0.4) is 0 Å². The van der Waals surface area contributed by atoms with Gasteiger partial charge in [0.15, 0.2) is 5.58 Å². The van der Waals surface area contributed by atoms with Crippen LogP contribution in [0.1, 0.15) is 35.1 Å². The number of alkyl halides is 1. The lowest BCUT2D eigenvalue weighted by molar-refractivity contribution is 0.502. The smallest absolute Gasteiger partial charge is 0.419 e. The van der Waals surface area contributed by atoms with E-state index in [1.807, 2.05) is 38.1 Å². The molecule has 1 aromatic carbocycles. The molecule has 0 aliphatic rings. The van der Waals surface area contributed by atoms with E-state index in [-0.39, 0.29) is 10.6 Å². The predicted octanol–water partition coefficient (Wildman–Crippen LogP) is 4.39. The van der Waals surface area contributed by atoms with Crippen LogP contribution < -0.4 is 5.76 Å². The highest BCUT2D eigenvalue weighted by atomic mass is 79.9. The molecule has 0 radical (unpaired) electrons. The molecule has 4 nitrogen and oxygen atoms in total. The van der Waals surface area contributed by atoms with Gasteiger partial charge in [0.05, 0.1) is 16.6 Å². The first-order valence-electron chi connectivity index (χ1n) is 6.92. The molecule has 110 valence electrons. The molecule has 1 atom stereocenters. The zero-order valence-corrected chi connectivity index (χ0v) is 13.5. The van der Waals surface area contributed by atoms with Crippen LogP contribution in [0.2, 0.25) is 0 Å². The van der Waals surface area contributed by atoms with Gasteiger partial charge >= 0.3 is 5.76 Å². The molecule has 0 saturated heterocycles. The van der Waals surface area contributed by atoms with Crippen molar-refractivity contribution < 1.29 is 8.83 Å². The van der Waals surface area contributed by atoms with Gasteiger partial charge in [0.25, 0.3) is 0 Å². The molecule has 2 aromatic heterocycles. The van der Waals surface area contributed by atoms with E-state index < -0.39 is 0 Å². The first-order chi connectivity index (χ1) is 10.1. The third-order valence-electron chi connectivity index (χ3n) is 3.48. The first-order valence-corrected chi connectivity index (χ1v) is 7.84. The van der Waals surface area contributed by atoms with Crippen molar-refractivity contribution in [2.75, 3.05) is 0 Å².